The summed E-state index contributed by atoms with van der Waals surface area (Å²) in [6.45, 7) is 2.89. The van der Waals surface area contributed by atoms with Gasteiger partial charge in [-0.2, -0.15) is 15.4 Å². The van der Waals surface area contributed by atoms with Crippen LogP contribution in [0.4, 0.5) is 0 Å². The van der Waals surface area contributed by atoms with Crippen LogP contribution < -0.4 is 0 Å². The molecule has 0 fully saturated rings. The molecule has 2 N–H and O–H groups in total. The van der Waals surface area contributed by atoms with E-state index in [2.05, 4.69) is 46.6 Å². The molecule has 0 spiro atoms. The second-order valence-electron chi connectivity index (χ2n) is 6.25. The third kappa shape index (κ3) is 4.33. The lowest BCUT2D eigenvalue weighted by Crippen LogP contribution is -2.04. The molecule has 1 atom stereocenters. The Hall–Kier alpha value is -2.47. The van der Waals surface area contributed by atoms with Gasteiger partial charge in [-0.3, -0.25) is 0 Å². The number of unbranched alkanes of at least 4 members (excludes halogenated alkanes) is 1. The number of rotatable bonds is 7. The van der Waals surface area contributed by atoms with Crippen molar-refractivity contribution in [3.05, 3.63) is 70.3 Å². The first-order valence-electron chi connectivity index (χ1n) is 8.46. The number of aryl methyl sites for hydroxylation is 2. The molecule has 0 amide bonds. The molecule has 3 rings (SSSR count). The molecule has 0 aliphatic heterocycles. The number of nitrogens with zero attached hydrogens (tertiary/aromatic N) is 3. The summed E-state index contributed by atoms with van der Waals surface area (Å²) in [7, 11) is 0. The lowest BCUT2D eigenvalue weighted by atomic mass is 9.90. The summed E-state index contributed by atoms with van der Waals surface area (Å²) in [5.74, 6) is 0.397. The number of hydrogen-bond acceptors (Lipinski definition) is 4. The molecule has 3 aromatic rings. The van der Waals surface area contributed by atoms with E-state index in [-0.39, 0.29) is 11.7 Å². The number of aromatic amines is 1. The van der Waals surface area contributed by atoms with Crippen molar-refractivity contribution in [2.24, 2.45) is 0 Å². The molecule has 6 heteroatoms. The zero-order valence-corrected chi connectivity index (χ0v) is 15.0. The fourth-order valence-corrected chi connectivity index (χ4v) is 3.21. The predicted molar refractivity (Wildman–Crippen MR) is 100 cm³/mol. The lowest BCUT2D eigenvalue weighted by molar-refractivity contribution is 0.458. The van der Waals surface area contributed by atoms with Gasteiger partial charge in [-0.25, -0.2) is 0 Å². The van der Waals surface area contributed by atoms with E-state index in [9.17, 15) is 5.11 Å². The highest BCUT2D eigenvalue weighted by atomic mass is 32.1. The smallest absolute Gasteiger partial charge is 0.150 e. The van der Waals surface area contributed by atoms with Crippen molar-refractivity contribution in [2.75, 3.05) is 0 Å². The Balaban J connectivity index is 1.64. The van der Waals surface area contributed by atoms with Crippen LogP contribution in [0.3, 0.4) is 0 Å². The second-order valence-corrected chi connectivity index (χ2v) is 6.63. The van der Waals surface area contributed by atoms with E-state index < -0.39 is 0 Å². The zero-order chi connectivity index (χ0) is 17.6. The molecule has 130 valence electrons. The molecular formula is C19H22N4OS. The minimum Gasteiger partial charge on any atom is -0.505 e. The largest absolute Gasteiger partial charge is 0.505 e. The van der Waals surface area contributed by atoms with Gasteiger partial charge in [0.2, 0.25) is 0 Å². The highest BCUT2D eigenvalue weighted by molar-refractivity contribution is 7.71. The standard InChI is InChI=1S/C19H22N4OS/c1-14-7-9-15(10-8-14)16(17-13-20-22-21-17)5-2-3-11-23-12-4-6-18(24)19(23)25/h4,6-10,12-13,16,24H,2-3,5,11H2,1H3,(H,20,21,22). The monoisotopic (exact) mass is 354 g/mol. The Kier molecular flexibility index (Phi) is 5.60. The van der Waals surface area contributed by atoms with E-state index in [4.69, 9.17) is 12.2 Å². The van der Waals surface area contributed by atoms with Gasteiger partial charge in [0.15, 0.2) is 0 Å². The van der Waals surface area contributed by atoms with Gasteiger partial charge >= 0.3 is 0 Å². The SMILES string of the molecule is Cc1ccc(C(CCCCn2cccc(O)c2=S)c2cn[nH]n2)cc1. The maximum absolute atomic E-state index is 9.70. The van der Waals surface area contributed by atoms with Crippen LogP contribution in [0.5, 0.6) is 5.75 Å². The average Bonchev–Trinajstić information content (AvgIpc) is 3.14. The Morgan fingerprint density at radius 1 is 1.20 bits per heavy atom. The first kappa shape index (κ1) is 17.4. The van der Waals surface area contributed by atoms with Crippen molar-refractivity contribution < 1.29 is 5.11 Å². The molecule has 25 heavy (non-hydrogen) atoms. The van der Waals surface area contributed by atoms with E-state index >= 15 is 0 Å². The summed E-state index contributed by atoms with van der Waals surface area (Å²) in [6, 6.07) is 12.0. The minimum absolute atomic E-state index is 0.164. The van der Waals surface area contributed by atoms with Gasteiger partial charge in [-0.1, -0.05) is 48.5 Å². The lowest BCUT2D eigenvalue weighted by Gasteiger charge is -2.15. The van der Waals surface area contributed by atoms with E-state index in [0.29, 0.717) is 4.64 Å². The Morgan fingerprint density at radius 3 is 2.72 bits per heavy atom. The van der Waals surface area contributed by atoms with Crippen molar-refractivity contribution in [1.29, 1.82) is 0 Å². The van der Waals surface area contributed by atoms with E-state index in [1.54, 1.807) is 12.3 Å². The fraction of sp³-hybridized carbons (Fsp3) is 0.316. The molecule has 1 aromatic carbocycles. The Bertz CT molecular complexity index is 856. The molecule has 0 bridgehead atoms. The summed E-state index contributed by atoms with van der Waals surface area (Å²) in [5, 5.41) is 20.7. The zero-order valence-electron chi connectivity index (χ0n) is 14.2. The number of nitrogens with one attached hydrogen (secondary N) is 1. The summed E-state index contributed by atoms with van der Waals surface area (Å²) >= 11 is 5.24. The van der Waals surface area contributed by atoms with E-state index in [1.165, 1.54) is 11.1 Å². The number of H-pyrrole nitrogens is 1. The van der Waals surface area contributed by atoms with Gasteiger partial charge in [0.05, 0.1) is 11.9 Å². The molecular weight excluding hydrogens is 332 g/mol. The molecule has 2 heterocycles. The molecule has 0 radical (unpaired) electrons. The number of benzene rings is 1. The molecule has 0 aliphatic rings. The van der Waals surface area contributed by atoms with Gasteiger partial charge in [0.25, 0.3) is 0 Å². The highest BCUT2D eigenvalue weighted by Gasteiger charge is 2.16. The van der Waals surface area contributed by atoms with Gasteiger partial charge in [0, 0.05) is 18.7 Å². The normalized spacial score (nSPS) is 12.2. The van der Waals surface area contributed by atoms with Crippen LogP contribution in [0.25, 0.3) is 0 Å². The molecule has 1 unspecified atom stereocenters. The summed E-state index contributed by atoms with van der Waals surface area (Å²) < 4.78 is 2.41. The van der Waals surface area contributed by atoms with Crippen molar-refractivity contribution in [3.8, 4) is 5.75 Å². The number of pyridine rings is 1. The van der Waals surface area contributed by atoms with Gasteiger partial charge in [-0.15, -0.1) is 0 Å². The third-order valence-electron chi connectivity index (χ3n) is 4.41. The van der Waals surface area contributed by atoms with Crippen LogP contribution in [-0.2, 0) is 6.54 Å². The highest BCUT2D eigenvalue weighted by Crippen LogP contribution is 2.28. The predicted octanol–water partition coefficient (Wildman–Crippen LogP) is 4.35. The van der Waals surface area contributed by atoms with Gasteiger partial charge < -0.3 is 9.67 Å². The average molecular weight is 354 g/mol. The van der Waals surface area contributed by atoms with Crippen LogP contribution in [-0.4, -0.2) is 25.1 Å². The molecule has 0 aliphatic carbocycles. The molecule has 0 saturated carbocycles. The van der Waals surface area contributed by atoms with Crippen molar-refractivity contribution >= 4 is 12.2 Å². The molecule has 2 aromatic heterocycles. The first-order chi connectivity index (χ1) is 12.1. The third-order valence-corrected chi connectivity index (χ3v) is 4.86. The second kappa shape index (κ2) is 8.07. The Labute approximate surface area is 152 Å². The maximum atomic E-state index is 9.70. The quantitative estimate of drug-likeness (QED) is 0.489. The minimum atomic E-state index is 0.164. The number of aromatic nitrogens is 4. The van der Waals surface area contributed by atoms with Crippen molar-refractivity contribution in [3.63, 3.8) is 0 Å². The molecule has 5 nitrogen and oxygen atoms in total. The van der Waals surface area contributed by atoms with Crippen LogP contribution in [0.1, 0.15) is 42.0 Å². The van der Waals surface area contributed by atoms with Crippen molar-refractivity contribution in [1.82, 2.24) is 20.0 Å². The van der Waals surface area contributed by atoms with Crippen LogP contribution in [0, 0.1) is 11.6 Å². The fourth-order valence-electron chi connectivity index (χ4n) is 2.99. The van der Waals surface area contributed by atoms with Crippen molar-refractivity contribution in [2.45, 2.75) is 38.6 Å². The summed E-state index contributed by atoms with van der Waals surface area (Å²) in [6.07, 6.45) is 6.72. The van der Waals surface area contributed by atoms with Crippen LogP contribution in [0.2, 0.25) is 0 Å². The maximum Gasteiger partial charge on any atom is 0.150 e. The first-order valence-corrected chi connectivity index (χ1v) is 8.86. The van der Waals surface area contributed by atoms with E-state index in [1.807, 2.05) is 16.8 Å². The van der Waals surface area contributed by atoms with Gasteiger partial charge in [-0.05, 0) is 37.5 Å². The molecule has 0 saturated heterocycles. The number of aromatic hydroxyl groups is 1. The summed E-state index contributed by atoms with van der Waals surface area (Å²) in [5.41, 5.74) is 3.48. The summed E-state index contributed by atoms with van der Waals surface area (Å²) in [4.78, 5) is 0. The topological polar surface area (TPSA) is 66.7 Å². The van der Waals surface area contributed by atoms with E-state index in [0.717, 1.165) is 31.5 Å². The number of hydrogen-bond donors (Lipinski definition) is 2. The van der Waals surface area contributed by atoms with Crippen LogP contribution >= 0.6 is 12.2 Å². The Morgan fingerprint density at radius 2 is 2.00 bits per heavy atom. The van der Waals surface area contributed by atoms with Crippen LogP contribution in [0.15, 0.2) is 48.8 Å². The van der Waals surface area contributed by atoms with Gasteiger partial charge in [0.1, 0.15) is 10.4 Å².